The van der Waals surface area contributed by atoms with Gasteiger partial charge in [0, 0.05) is 11.6 Å². The predicted octanol–water partition coefficient (Wildman–Crippen LogP) is 1.43. The standard InChI is InChI=1S/C7H16N2.C5H10O2/c1-7(2)5-6(8)3-4-9-7;1-5(2,3)7-4-6/h6,9H,3-5,8H2,1-2H3;4H,1-3H3. The van der Waals surface area contributed by atoms with Gasteiger partial charge in [0.15, 0.2) is 0 Å². The molecule has 1 saturated heterocycles. The third-order valence-electron chi connectivity index (χ3n) is 2.29. The Kier molecular flexibility index (Phi) is 5.97. The van der Waals surface area contributed by atoms with Crippen LogP contribution in [0, 0.1) is 0 Å². The smallest absolute Gasteiger partial charge is 0.293 e. The van der Waals surface area contributed by atoms with Crippen LogP contribution in [-0.4, -0.2) is 30.2 Å². The molecule has 0 aliphatic carbocycles. The van der Waals surface area contributed by atoms with Gasteiger partial charge in [-0.05, 0) is 54.0 Å². The first-order chi connectivity index (χ1) is 7.16. The number of carbonyl (C=O) groups is 1. The lowest BCUT2D eigenvalue weighted by atomic mass is 9.90. The Morgan fingerprint density at radius 2 is 2.00 bits per heavy atom. The van der Waals surface area contributed by atoms with Gasteiger partial charge in [0.1, 0.15) is 5.60 Å². The Bertz CT molecular complexity index is 210. The Morgan fingerprint density at radius 1 is 1.44 bits per heavy atom. The quantitative estimate of drug-likeness (QED) is 0.669. The molecule has 96 valence electrons. The SMILES string of the molecule is CC(C)(C)OC=O.CC1(C)CC(N)CCN1. The van der Waals surface area contributed by atoms with E-state index in [1.54, 1.807) is 0 Å². The van der Waals surface area contributed by atoms with Crippen LogP contribution in [-0.2, 0) is 9.53 Å². The highest BCUT2D eigenvalue weighted by Crippen LogP contribution is 2.16. The van der Waals surface area contributed by atoms with Crippen molar-refractivity contribution < 1.29 is 9.53 Å². The summed E-state index contributed by atoms with van der Waals surface area (Å²) in [5.41, 5.74) is 5.73. The minimum atomic E-state index is -0.318. The second-order valence-electron chi connectivity index (χ2n) is 5.89. The number of nitrogens with two attached hydrogens (primary N) is 1. The molecule has 0 spiro atoms. The van der Waals surface area contributed by atoms with E-state index >= 15 is 0 Å². The van der Waals surface area contributed by atoms with Crippen molar-refractivity contribution in [1.82, 2.24) is 5.32 Å². The summed E-state index contributed by atoms with van der Waals surface area (Å²) in [6.07, 6.45) is 2.23. The van der Waals surface area contributed by atoms with Crippen LogP contribution in [0.4, 0.5) is 0 Å². The zero-order valence-corrected chi connectivity index (χ0v) is 11.2. The molecular weight excluding hydrogens is 204 g/mol. The highest BCUT2D eigenvalue weighted by molar-refractivity contribution is 5.37. The number of piperidine rings is 1. The molecule has 1 rings (SSSR count). The minimum absolute atomic E-state index is 0.275. The Balaban J connectivity index is 0.000000293. The number of carbonyl (C=O) groups excluding carboxylic acids is 1. The van der Waals surface area contributed by atoms with Gasteiger partial charge in [0.25, 0.3) is 6.47 Å². The van der Waals surface area contributed by atoms with Crippen LogP contribution in [0.15, 0.2) is 0 Å². The summed E-state index contributed by atoms with van der Waals surface area (Å²) in [6.45, 7) is 11.4. The molecule has 0 amide bonds. The maximum atomic E-state index is 9.60. The second kappa shape index (κ2) is 6.21. The largest absolute Gasteiger partial charge is 0.462 e. The number of rotatable bonds is 1. The van der Waals surface area contributed by atoms with Crippen molar-refractivity contribution in [3.63, 3.8) is 0 Å². The fraction of sp³-hybridized carbons (Fsp3) is 0.917. The minimum Gasteiger partial charge on any atom is -0.462 e. The molecule has 1 aliphatic rings. The summed E-state index contributed by atoms with van der Waals surface area (Å²) in [5, 5.41) is 3.41. The van der Waals surface area contributed by atoms with E-state index in [1.807, 2.05) is 20.8 Å². The van der Waals surface area contributed by atoms with Crippen LogP contribution in [0.1, 0.15) is 47.5 Å². The van der Waals surface area contributed by atoms with E-state index in [1.165, 1.54) is 0 Å². The molecule has 1 atom stereocenters. The van der Waals surface area contributed by atoms with E-state index in [-0.39, 0.29) is 11.1 Å². The zero-order valence-electron chi connectivity index (χ0n) is 11.2. The van der Waals surface area contributed by atoms with Crippen molar-refractivity contribution >= 4 is 6.47 Å². The molecule has 0 bridgehead atoms. The van der Waals surface area contributed by atoms with E-state index < -0.39 is 0 Å². The first-order valence-corrected chi connectivity index (χ1v) is 5.78. The predicted molar refractivity (Wildman–Crippen MR) is 66.2 cm³/mol. The van der Waals surface area contributed by atoms with Gasteiger partial charge >= 0.3 is 0 Å². The molecule has 4 heteroatoms. The molecule has 3 N–H and O–H groups in total. The number of hydrogen-bond acceptors (Lipinski definition) is 4. The van der Waals surface area contributed by atoms with Gasteiger partial charge < -0.3 is 15.8 Å². The number of ether oxygens (including phenoxy) is 1. The first-order valence-electron chi connectivity index (χ1n) is 5.78. The molecule has 0 aromatic carbocycles. The van der Waals surface area contributed by atoms with E-state index in [4.69, 9.17) is 5.73 Å². The van der Waals surface area contributed by atoms with Gasteiger partial charge in [-0.2, -0.15) is 0 Å². The van der Waals surface area contributed by atoms with Crippen molar-refractivity contribution in [3.05, 3.63) is 0 Å². The summed E-state index contributed by atoms with van der Waals surface area (Å²) in [7, 11) is 0. The molecule has 0 saturated carbocycles. The fourth-order valence-electron chi connectivity index (χ4n) is 1.57. The number of hydrogen-bond donors (Lipinski definition) is 2. The first kappa shape index (κ1) is 15.4. The molecule has 4 nitrogen and oxygen atoms in total. The van der Waals surface area contributed by atoms with Crippen molar-refractivity contribution in [3.8, 4) is 0 Å². The van der Waals surface area contributed by atoms with Crippen molar-refractivity contribution in [2.45, 2.75) is 64.6 Å². The van der Waals surface area contributed by atoms with E-state index in [2.05, 4.69) is 23.9 Å². The Labute approximate surface area is 98.9 Å². The Morgan fingerprint density at radius 3 is 2.19 bits per heavy atom. The monoisotopic (exact) mass is 230 g/mol. The van der Waals surface area contributed by atoms with Crippen LogP contribution in [0.5, 0.6) is 0 Å². The third-order valence-corrected chi connectivity index (χ3v) is 2.29. The summed E-state index contributed by atoms with van der Waals surface area (Å²) >= 11 is 0. The van der Waals surface area contributed by atoms with Crippen molar-refractivity contribution in [2.24, 2.45) is 5.73 Å². The molecule has 0 radical (unpaired) electrons. The lowest BCUT2D eigenvalue weighted by molar-refractivity contribution is -0.138. The summed E-state index contributed by atoms with van der Waals surface area (Å²) in [6, 6.07) is 0.418. The summed E-state index contributed by atoms with van der Waals surface area (Å²) < 4.78 is 4.55. The van der Waals surface area contributed by atoms with Gasteiger partial charge in [-0.15, -0.1) is 0 Å². The van der Waals surface area contributed by atoms with Gasteiger partial charge in [0.2, 0.25) is 0 Å². The van der Waals surface area contributed by atoms with Crippen LogP contribution in [0.25, 0.3) is 0 Å². The van der Waals surface area contributed by atoms with Crippen LogP contribution < -0.4 is 11.1 Å². The molecule has 1 heterocycles. The average Bonchev–Trinajstić information content (AvgIpc) is 1.99. The lowest BCUT2D eigenvalue weighted by Crippen LogP contribution is -2.50. The van der Waals surface area contributed by atoms with Crippen LogP contribution in [0.3, 0.4) is 0 Å². The fourth-order valence-corrected chi connectivity index (χ4v) is 1.57. The maximum Gasteiger partial charge on any atom is 0.293 e. The van der Waals surface area contributed by atoms with Crippen molar-refractivity contribution in [2.75, 3.05) is 6.54 Å². The summed E-state index contributed by atoms with van der Waals surface area (Å²) in [4.78, 5) is 9.60. The maximum absolute atomic E-state index is 9.60. The van der Waals surface area contributed by atoms with Gasteiger partial charge in [-0.3, -0.25) is 4.79 Å². The second-order valence-corrected chi connectivity index (χ2v) is 5.89. The zero-order chi connectivity index (χ0) is 12.8. The highest BCUT2D eigenvalue weighted by Gasteiger charge is 2.24. The van der Waals surface area contributed by atoms with Gasteiger partial charge in [-0.25, -0.2) is 0 Å². The molecule has 1 unspecified atom stereocenters. The summed E-state index contributed by atoms with van der Waals surface area (Å²) in [5.74, 6) is 0. The highest BCUT2D eigenvalue weighted by atomic mass is 16.5. The van der Waals surface area contributed by atoms with E-state index in [9.17, 15) is 4.79 Å². The third kappa shape index (κ3) is 8.68. The number of nitrogens with one attached hydrogen (secondary N) is 1. The Hall–Kier alpha value is -0.610. The molecule has 0 aromatic rings. The van der Waals surface area contributed by atoms with E-state index in [0.717, 1.165) is 19.4 Å². The molecule has 1 fully saturated rings. The molecular formula is C12H26N2O2. The van der Waals surface area contributed by atoms with Crippen LogP contribution in [0.2, 0.25) is 0 Å². The van der Waals surface area contributed by atoms with Gasteiger partial charge in [-0.1, -0.05) is 0 Å². The molecule has 0 aromatic heterocycles. The van der Waals surface area contributed by atoms with Gasteiger partial charge in [0.05, 0.1) is 0 Å². The topological polar surface area (TPSA) is 64.3 Å². The molecule has 1 aliphatic heterocycles. The normalized spacial score (nSPS) is 24.0. The van der Waals surface area contributed by atoms with Crippen molar-refractivity contribution in [1.29, 1.82) is 0 Å². The van der Waals surface area contributed by atoms with E-state index in [0.29, 0.717) is 12.5 Å². The average molecular weight is 230 g/mol. The lowest BCUT2D eigenvalue weighted by Gasteiger charge is -2.34. The van der Waals surface area contributed by atoms with Crippen LogP contribution >= 0.6 is 0 Å². The molecule has 16 heavy (non-hydrogen) atoms.